The van der Waals surface area contributed by atoms with Gasteiger partial charge in [-0.3, -0.25) is 4.79 Å². The van der Waals surface area contributed by atoms with Gasteiger partial charge in [0.05, 0.1) is 11.6 Å². The summed E-state index contributed by atoms with van der Waals surface area (Å²) in [5.41, 5.74) is -1.11. The molecule has 0 aliphatic heterocycles. The molecule has 27 heavy (non-hydrogen) atoms. The molecule has 0 spiro atoms. The van der Waals surface area contributed by atoms with E-state index in [4.69, 9.17) is 4.74 Å². The minimum Gasteiger partial charge on any atom is -0.444 e. The highest BCUT2D eigenvalue weighted by molar-refractivity contribution is 5.85. The van der Waals surface area contributed by atoms with Gasteiger partial charge < -0.3 is 15.4 Å². The number of rotatable bonds is 6. The normalized spacial score (nSPS) is 14.2. The third kappa shape index (κ3) is 7.88. The molecule has 0 saturated heterocycles. The summed E-state index contributed by atoms with van der Waals surface area (Å²) in [6.45, 7) is 8.44. The van der Waals surface area contributed by atoms with Gasteiger partial charge in [-0.15, -0.1) is 0 Å². The van der Waals surface area contributed by atoms with Crippen molar-refractivity contribution < 1.29 is 27.5 Å². The Morgan fingerprint density at radius 2 is 1.78 bits per heavy atom. The van der Waals surface area contributed by atoms with E-state index < -0.39 is 41.4 Å². The Labute approximate surface area is 157 Å². The predicted octanol–water partition coefficient (Wildman–Crippen LogP) is 4.58. The number of nitrogens with one attached hydrogen (secondary N) is 2. The molecular weight excluding hydrogens is 361 g/mol. The Balaban J connectivity index is 2.85. The second-order valence-electron chi connectivity index (χ2n) is 7.34. The van der Waals surface area contributed by atoms with Crippen LogP contribution < -0.4 is 10.6 Å². The van der Waals surface area contributed by atoms with E-state index in [9.17, 15) is 22.8 Å². The number of carbonyl (C=O) groups is 2. The Hall–Kier alpha value is -2.25. The standard InChI is InChI=1S/C19H27F3N2O3/c1-6-8-15(13-9-7-10-14(11-13)19(20,21)22)24-16(25)12(2)23-17(26)27-18(3,4)5/h7,9-12,15H,6,8H2,1-5H3,(H,23,26)(H,24,25)/t12-,15?/m1/s1. The van der Waals surface area contributed by atoms with E-state index in [0.29, 0.717) is 18.4 Å². The van der Waals surface area contributed by atoms with Crippen molar-refractivity contribution in [1.82, 2.24) is 10.6 Å². The summed E-state index contributed by atoms with van der Waals surface area (Å²) in [5, 5.41) is 5.12. The van der Waals surface area contributed by atoms with Crippen molar-refractivity contribution in [1.29, 1.82) is 0 Å². The second-order valence-corrected chi connectivity index (χ2v) is 7.34. The number of alkyl halides is 3. The maximum absolute atomic E-state index is 12.9. The van der Waals surface area contributed by atoms with E-state index in [1.165, 1.54) is 13.0 Å². The summed E-state index contributed by atoms with van der Waals surface area (Å²) < 4.78 is 43.9. The van der Waals surface area contributed by atoms with Crippen molar-refractivity contribution in [2.45, 2.75) is 71.3 Å². The lowest BCUT2D eigenvalue weighted by Gasteiger charge is -2.24. The molecule has 0 heterocycles. The highest BCUT2D eigenvalue weighted by Gasteiger charge is 2.31. The van der Waals surface area contributed by atoms with E-state index in [2.05, 4.69) is 10.6 Å². The fourth-order valence-electron chi connectivity index (χ4n) is 2.39. The lowest BCUT2D eigenvalue weighted by Crippen LogP contribution is -2.47. The lowest BCUT2D eigenvalue weighted by molar-refractivity contribution is -0.137. The molecule has 8 heteroatoms. The zero-order valence-electron chi connectivity index (χ0n) is 16.2. The average molecular weight is 388 g/mol. The maximum atomic E-state index is 12.9. The van der Waals surface area contributed by atoms with Crippen LogP contribution in [0.25, 0.3) is 0 Å². The van der Waals surface area contributed by atoms with Gasteiger partial charge in [-0.25, -0.2) is 4.79 Å². The first-order chi connectivity index (χ1) is 12.3. The summed E-state index contributed by atoms with van der Waals surface area (Å²) in [7, 11) is 0. The topological polar surface area (TPSA) is 67.4 Å². The van der Waals surface area contributed by atoms with Crippen molar-refractivity contribution in [3.05, 3.63) is 35.4 Å². The monoisotopic (exact) mass is 388 g/mol. The van der Waals surface area contributed by atoms with E-state index >= 15 is 0 Å². The summed E-state index contributed by atoms with van der Waals surface area (Å²) in [6.07, 6.45) is -4.07. The highest BCUT2D eigenvalue weighted by Crippen LogP contribution is 2.31. The summed E-state index contributed by atoms with van der Waals surface area (Å²) in [6, 6.07) is 3.39. The molecule has 2 amide bonds. The van der Waals surface area contributed by atoms with Crippen LogP contribution in [0.3, 0.4) is 0 Å². The fourth-order valence-corrected chi connectivity index (χ4v) is 2.39. The third-order valence-electron chi connectivity index (χ3n) is 3.64. The number of carbonyl (C=O) groups excluding carboxylic acids is 2. The molecular formula is C19H27F3N2O3. The van der Waals surface area contributed by atoms with Gasteiger partial charge in [0.25, 0.3) is 0 Å². The molecule has 0 fully saturated rings. The first kappa shape index (κ1) is 22.8. The Morgan fingerprint density at radius 3 is 2.30 bits per heavy atom. The van der Waals surface area contributed by atoms with E-state index in [1.54, 1.807) is 26.8 Å². The molecule has 0 aliphatic rings. The molecule has 0 radical (unpaired) electrons. The van der Waals surface area contributed by atoms with E-state index in [1.807, 2.05) is 6.92 Å². The van der Waals surface area contributed by atoms with Crippen LogP contribution in [-0.2, 0) is 15.7 Å². The Kier molecular flexibility index (Phi) is 7.68. The quantitative estimate of drug-likeness (QED) is 0.750. The summed E-state index contributed by atoms with van der Waals surface area (Å²) in [5.74, 6) is -0.503. The van der Waals surface area contributed by atoms with E-state index in [0.717, 1.165) is 12.1 Å². The number of amides is 2. The second kappa shape index (κ2) is 9.10. The van der Waals surface area contributed by atoms with Crippen LogP contribution in [0.2, 0.25) is 0 Å². The van der Waals surface area contributed by atoms with E-state index in [-0.39, 0.29) is 0 Å². The molecule has 0 aromatic heterocycles. The molecule has 1 aromatic rings. The number of hydrogen-bond acceptors (Lipinski definition) is 3. The molecule has 1 unspecified atom stereocenters. The number of alkyl carbamates (subject to hydrolysis) is 1. The molecule has 5 nitrogen and oxygen atoms in total. The van der Waals surface area contributed by atoms with Crippen molar-refractivity contribution in [2.75, 3.05) is 0 Å². The van der Waals surface area contributed by atoms with Crippen molar-refractivity contribution in [2.24, 2.45) is 0 Å². The molecule has 0 saturated carbocycles. The largest absolute Gasteiger partial charge is 0.444 e. The summed E-state index contributed by atoms with van der Waals surface area (Å²) >= 11 is 0. The highest BCUT2D eigenvalue weighted by atomic mass is 19.4. The number of ether oxygens (including phenoxy) is 1. The van der Waals surface area contributed by atoms with Crippen LogP contribution >= 0.6 is 0 Å². The number of hydrogen-bond donors (Lipinski definition) is 2. The number of halogens is 3. The summed E-state index contributed by atoms with van der Waals surface area (Å²) in [4.78, 5) is 24.2. The van der Waals surface area contributed by atoms with Gasteiger partial charge in [-0.2, -0.15) is 13.2 Å². The van der Waals surface area contributed by atoms with Gasteiger partial charge in [-0.05, 0) is 51.8 Å². The zero-order chi connectivity index (χ0) is 20.8. The smallest absolute Gasteiger partial charge is 0.416 e. The minimum absolute atomic E-state index is 0.365. The van der Waals surface area contributed by atoms with Gasteiger partial charge in [-0.1, -0.05) is 25.5 Å². The molecule has 0 aliphatic carbocycles. The van der Waals surface area contributed by atoms with Gasteiger partial charge in [0.15, 0.2) is 0 Å². The van der Waals surface area contributed by atoms with Gasteiger partial charge >= 0.3 is 12.3 Å². The SMILES string of the molecule is CCCC(NC(=O)[C@@H](C)NC(=O)OC(C)(C)C)c1cccc(C(F)(F)F)c1. The fraction of sp³-hybridized carbons (Fsp3) is 0.579. The zero-order valence-corrected chi connectivity index (χ0v) is 16.2. The molecule has 1 aromatic carbocycles. The van der Waals surface area contributed by atoms with Gasteiger partial charge in [0, 0.05) is 0 Å². The molecule has 2 atom stereocenters. The van der Waals surface area contributed by atoms with Crippen LogP contribution in [-0.4, -0.2) is 23.6 Å². The molecule has 2 N–H and O–H groups in total. The first-order valence-corrected chi connectivity index (χ1v) is 8.80. The van der Waals surface area contributed by atoms with Crippen LogP contribution in [0.4, 0.5) is 18.0 Å². The molecule has 152 valence electrons. The maximum Gasteiger partial charge on any atom is 0.416 e. The van der Waals surface area contributed by atoms with Crippen molar-refractivity contribution >= 4 is 12.0 Å². The van der Waals surface area contributed by atoms with Crippen LogP contribution in [0.15, 0.2) is 24.3 Å². The van der Waals surface area contributed by atoms with Crippen molar-refractivity contribution in [3.63, 3.8) is 0 Å². The van der Waals surface area contributed by atoms with Crippen LogP contribution in [0.5, 0.6) is 0 Å². The first-order valence-electron chi connectivity index (χ1n) is 8.80. The van der Waals surface area contributed by atoms with Gasteiger partial charge in [0.2, 0.25) is 5.91 Å². The average Bonchev–Trinajstić information content (AvgIpc) is 2.51. The van der Waals surface area contributed by atoms with Gasteiger partial charge in [0.1, 0.15) is 11.6 Å². The third-order valence-corrected chi connectivity index (χ3v) is 3.64. The van der Waals surface area contributed by atoms with Crippen LogP contribution in [0, 0.1) is 0 Å². The van der Waals surface area contributed by atoms with Crippen LogP contribution in [0.1, 0.15) is 64.6 Å². The van der Waals surface area contributed by atoms with Crippen molar-refractivity contribution in [3.8, 4) is 0 Å². The molecule has 0 bridgehead atoms. The number of benzene rings is 1. The Bertz CT molecular complexity index is 654. The predicted molar refractivity (Wildman–Crippen MR) is 96.1 cm³/mol. The molecule has 1 rings (SSSR count). The minimum atomic E-state index is -4.46. The Morgan fingerprint density at radius 1 is 1.15 bits per heavy atom. The lowest BCUT2D eigenvalue weighted by atomic mass is 9.99.